The zero-order valence-corrected chi connectivity index (χ0v) is 15.9. The molecule has 3 aromatic carbocycles. The Morgan fingerprint density at radius 2 is 1.07 bits per heavy atom. The van der Waals surface area contributed by atoms with Crippen LogP contribution >= 0.6 is 0 Å². The predicted molar refractivity (Wildman–Crippen MR) is 106 cm³/mol. The van der Waals surface area contributed by atoms with Gasteiger partial charge in [0.15, 0.2) is 9.84 Å². The molecule has 0 atom stereocenters. The van der Waals surface area contributed by atoms with Gasteiger partial charge in [-0.3, -0.25) is 20.4 Å². The molecular weight excluding hydrogens is 376 g/mol. The number of hydrazine groups is 1. The van der Waals surface area contributed by atoms with Gasteiger partial charge in [0, 0.05) is 17.4 Å². The lowest BCUT2D eigenvalue weighted by atomic mass is 10.0. The van der Waals surface area contributed by atoms with Crippen LogP contribution in [-0.2, 0) is 9.84 Å². The number of hydrogen-bond acceptors (Lipinski definition) is 4. The highest BCUT2D eigenvalue weighted by Gasteiger charge is 2.11. The summed E-state index contributed by atoms with van der Waals surface area (Å²) >= 11 is 0. The number of nitrogens with one attached hydrogen (secondary N) is 2. The van der Waals surface area contributed by atoms with Crippen molar-refractivity contribution in [2.75, 3.05) is 6.26 Å². The van der Waals surface area contributed by atoms with E-state index >= 15 is 0 Å². The van der Waals surface area contributed by atoms with Crippen LogP contribution in [0.1, 0.15) is 20.7 Å². The summed E-state index contributed by atoms with van der Waals surface area (Å²) in [5.74, 6) is -1.00. The average Bonchev–Trinajstić information content (AvgIpc) is 2.72. The molecule has 0 unspecified atom stereocenters. The normalized spacial score (nSPS) is 10.9. The molecule has 0 saturated carbocycles. The van der Waals surface area contributed by atoms with Crippen LogP contribution in [0.4, 0.5) is 0 Å². The van der Waals surface area contributed by atoms with Crippen molar-refractivity contribution >= 4 is 21.7 Å². The van der Waals surface area contributed by atoms with E-state index in [-0.39, 0.29) is 10.5 Å². The van der Waals surface area contributed by atoms with Gasteiger partial charge in [-0.25, -0.2) is 8.42 Å². The Bertz CT molecular complexity index is 1090. The van der Waals surface area contributed by atoms with Gasteiger partial charge in [-0.2, -0.15) is 0 Å². The molecule has 0 aliphatic heterocycles. The van der Waals surface area contributed by atoms with E-state index < -0.39 is 21.7 Å². The summed E-state index contributed by atoms with van der Waals surface area (Å²) in [7, 11) is -3.33. The van der Waals surface area contributed by atoms with Crippen molar-refractivity contribution in [3.8, 4) is 11.1 Å². The smallest absolute Gasteiger partial charge is 0.267 e. The number of amides is 2. The Kier molecular flexibility index (Phi) is 5.56. The summed E-state index contributed by atoms with van der Waals surface area (Å²) in [5, 5.41) is 0. The van der Waals surface area contributed by atoms with E-state index in [0.29, 0.717) is 5.56 Å². The maximum Gasteiger partial charge on any atom is 0.269 e. The quantitative estimate of drug-likeness (QED) is 0.666. The van der Waals surface area contributed by atoms with Crippen LogP contribution < -0.4 is 10.9 Å². The zero-order chi connectivity index (χ0) is 20.1. The summed E-state index contributed by atoms with van der Waals surface area (Å²) in [6.07, 6.45) is 1.09. The molecule has 28 heavy (non-hydrogen) atoms. The molecule has 0 aromatic heterocycles. The molecule has 0 bridgehead atoms. The van der Waals surface area contributed by atoms with E-state index in [1.807, 2.05) is 42.5 Å². The van der Waals surface area contributed by atoms with Crippen molar-refractivity contribution in [1.82, 2.24) is 10.9 Å². The number of rotatable bonds is 4. The van der Waals surface area contributed by atoms with Crippen molar-refractivity contribution in [3.05, 3.63) is 90.0 Å². The highest BCUT2D eigenvalue weighted by atomic mass is 32.2. The van der Waals surface area contributed by atoms with E-state index in [0.717, 1.165) is 17.4 Å². The third kappa shape index (κ3) is 4.63. The number of carbonyl (C=O) groups excluding carboxylic acids is 2. The molecule has 3 aromatic rings. The summed E-state index contributed by atoms with van der Waals surface area (Å²) in [6.45, 7) is 0. The predicted octanol–water partition coefficient (Wildman–Crippen LogP) is 2.83. The van der Waals surface area contributed by atoms with Crippen LogP contribution in [0.5, 0.6) is 0 Å². The van der Waals surface area contributed by atoms with E-state index in [9.17, 15) is 18.0 Å². The van der Waals surface area contributed by atoms with E-state index in [4.69, 9.17) is 0 Å². The third-order valence-corrected chi connectivity index (χ3v) is 5.22. The van der Waals surface area contributed by atoms with Crippen molar-refractivity contribution in [1.29, 1.82) is 0 Å². The largest absolute Gasteiger partial charge is 0.269 e. The SMILES string of the molecule is CS(=O)(=O)c1ccc(C(=O)NNC(=O)c2ccc(-c3ccccc3)cc2)cc1. The van der Waals surface area contributed by atoms with Gasteiger partial charge in [0.25, 0.3) is 11.8 Å². The van der Waals surface area contributed by atoms with Gasteiger partial charge < -0.3 is 0 Å². The van der Waals surface area contributed by atoms with Gasteiger partial charge in [-0.1, -0.05) is 42.5 Å². The van der Waals surface area contributed by atoms with E-state index in [1.54, 1.807) is 12.1 Å². The van der Waals surface area contributed by atoms with Crippen LogP contribution in [-0.4, -0.2) is 26.5 Å². The summed E-state index contributed by atoms with van der Waals surface area (Å²) in [6, 6.07) is 22.2. The topological polar surface area (TPSA) is 92.3 Å². The van der Waals surface area contributed by atoms with Crippen LogP contribution in [0, 0.1) is 0 Å². The number of hydrogen-bond donors (Lipinski definition) is 2. The molecule has 0 saturated heterocycles. The maximum absolute atomic E-state index is 12.2. The van der Waals surface area contributed by atoms with Crippen molar-refractivity contribution < 1.29 is 18.0 Å². The lowest BCUT2D eigenvalue weighted by molar-refractivity contribution is 0.0846. The molecule has 0 fully saturated rings. The van der Waals surface area contributed by atoms with Crippen molar-refractivity contribution in [3.63, 3.8) is 0 Å². The van der Waals surface area contributed by atoms with Gasteiger partial charge in [0.1, 0.15) is 0 Å². The Labute approximate surface area is 163 Å². The summed E-state index contributed by atoms with van der Waals surface area (Å²) < 4.78 is 22.9. The first-order chi connectivity index (χ1) is 13.3. The standard InChI is InChI=1S/C21H18N2O4S/c1-28(26,27)19-13-11-18(12-14-19)21(25)23-22-20(24)17-9-7-16(8-10-17)15-5-3-2-4-6-15/h2-14H,1H3,(H,22,24)(H,23,25). The Hall–Kier alpha value is -3.45. The van der Waals surface area contributed by atoms with Crippen LogP contribution in [0.2, 0.25) is 0 Å². The van der Waals surface area contributed by atoms with Crippen LogP contribution in [0.15, 0.2) is 83.8 Å². The average molecular weight is 394 g/mol. The lowest BCUT2D eigenvalue weighted by Gasteiger charge is -2.08. The molecule has 2 amide bonds. The number of sulfone groups is 1. The third-order valence-electron chi connectivity index (χ3n) is 4.09. The first-order valence-electron chi connectivity index (χ1n) is 8.41. The minimum Gasteiger partial charge on any atom is -0.267 e. The summed E-state index contributed by atoms with van der Waals surface area (Å²) in [4.78, 5) is 24.4. The van der Waals surface area contributed by atoms with Crippen LogP contribution in [0.3, 0.4) is 0 Å². The highest BCUT2D eigenvalue weighted by molar-refractivity contribution is 7.90. The lowest BCUT2D eigenvalue weighted by Crippen LogP contribution is -2.41. The van der Waals surface area contributed by atoms with Crippen molar-refractivity contribution in [2.45, 2.75) is 4.90 Å². The van der Waals surface area contributed by atoms with Crippen LogP contribution in [0.25, 0.3) is 11.1 Å². The molecule has 0 heterocycles. The first kappa shape index (κ1) is 19.3. The molecule has 6 nitrogen and oxygen atoms in total. The molecule has 142 valence electrons. The second-order valence-corrected chi connectivity index (χ2v) is 8.16. The maximum atomic E-state index is 12.2. The van der Waals surface area contributed by atoms with E-state index in [2.05, 4.69) is 10.9 Å². The Morgan fingerprint density at radius 1 is 0.643 bits per heavy atom. The Balaban J connectivity index is 1.61. The molecule has 0 radical (unpaired) electrons. The van der Waals surface area contributed by atoms with Gasteiger partial charge in [0.05, 0.1) is 4.90 Å². The fourth-order valence-corrected chi connectivity index (χ4v) is 3.19. The van der Waals surface area contributed by atoms with Crippen molar-refractivity contribution in [2.24, 2.45) is 0 Å². The molecule has 0 aliphatic rings. The van der Waals surface area contributed by atoms with Gasteiger partial charge in [-0.05, 0) is 47.5 Å². The van der Waals surface area contributed by atoms with Gasteiger partial charge in [0.2, 0.25) is 0 Å². The first-order valence-corrected chi connectivity index (χ1v) is 10.3. The minimum absolute atomic E-state index is 0.117. The monoisotopic (exact) mass is 394 g/mol. The fourth-order valence-electron chi connectivity index (χ4n) is 2.56. The number of benzene rings is 3. The highest BCUT2D eigenvalue weighted by Crippen LogP contribution is 2.19. The van der Waals surface area contributed by atoms with E-state index in [1.165, 1.54) is 24.3 Å². The minimum atomic E-state index is -3.33. The molecule has 0 spiro atoms. The fraction of sp³-hybridized carbons (Fsp3) is 0.0476. The zero-order valence-electron chi connectivity index (χ0n) is 15.0. The molecule has 0 aliphatic carbocycles. The molecular formula is C21H18N2O4S. The molecule has 2 N–H and O–H groups in total. The van der Waals surface area contributed by atoms with Gasteiger partial charge in [-0.15, -0.1) is 0 Å². The second kappa shape index (κ2) is 8.06. The summed E-state index contributed by atoms with van der Waals surface area (Å²) in [5.41, 5.74) is 7.30. The second-order valence-electron chi connectivity index (χ2n) is 6.15. The molecule has 3 rings (SSSR count). The number of carbonyl (C=O) groups is 2. The van der Waals surface area contributed by atoms with Gasteiger partial charge >= 0.3 is 0 Å². The molecule has 7 heteroatoms. The Morgan fingerprint density at radius 3 is 1.54 bits per heavy atom.